The first-order chi connectivity index (χ1) is 38.0. The molecule has 0 spiro atoms. The second-order valence-electron chi connectivity index (χ2n) is 20.1. The van der Waals surface area contributed by atoms with E-state index < -0.39 is 11.7 Å². The van der Waals surface area contributed by atoms with Gasteiger partial charge < -0.3 is 29.9 Å². The van der Waals surface area contributed by atoms with Crippen LogP contribution in [0.3, 0.4) is 0 Å². The van der Waals surface area contributed by atoms with Gasteiger partial charge in [-0.05, 0) is 146 Å². The number of hydrogen-bond acceptors (Lipinski definition) is 11. The molecule has 6 heterocycles. The van der Waals surface area contributed by atoms with Gasteiger partial charge in [0.15, 0.2) is 0 Å². The van der Waals surface area contributed by atoms with Gasteiger partial charge in [-0.2, -0.15) is 18.4 Å². The van der Waals surface area contributed by atoms with Gasteiger partial charge >= 0.3 is 6.18 Å². The van der Waals surface area contributed by atoms with Gasteiger partial charge in [-0.15, -0.1) is 0 Å². The summed E-state index contributed by atoms with van der Waals surface area (Å²) in [5.41, 5.74) is 5.70. The van der Waals surface area contributed by atoms with Gasteiger partial charge in [0.1, 0.15) is 23.7 Å². The van der Waals surface area contributed by atoms with Crippen LogP contribution < -0.4 is 29.9 Å². The molecule has 16 heteroatoms. The molecular weight excluding hydrogens is 992 g/mol. The number of nitrogens with zero attached hydrogens (tertiary/aromatic N) is 7. The van der Waals surface area contributed by atoms with Crippen LogP contribution in [0.25, 0.3) is 0 Å². The molecule has 0 unspecified atom stereocenters. The predicted octanol–water partition coefficient (Wildman–Crippen LogP) is 11.0. The Morgan fingerprint density at radius 3 is 1.31 bits per heavy atom. The summed E-state index contributed by atoms with van der Waals surface area (Å²) in [7, 11) is 0. The molecule has 0 saturated carbocycles. The number of ether oxygens (including phenoxy) is 2. The van der Waals surface area contributed by atoms with E-state index in [9.17, 15) is 22.8 Å². The second kappa shape index (κ2) is 28.2. The molecular formula is C62H72F3N9O4. The Morgan fingerprint density at radius 2 is 0.936 bits per heavy atom. The quantitative estimate of drug-likeness (QED) is 0.108. The smallest absolute Gasteiger partial charge is 0.416 e. The van der Waals surface area contributed by atoms with Crippen molar-refractivity contribution in [2.24, 2.45) is 0 Å². The van der Waals surface area contributed by atoms with Crippen molar-refractivity contribution in [3.05, 3.63) is 179 Å². The molecule has 2 aromatic heterocycles. The highest BCUT2D eigenvalue weighted by Crippen LogP contribution is 2.32. The monoisotopic (exact) mass is 1060 g/mol. The van der Waals surface area contributed by atoms with E-state index in [1.54, 1.807) is 12.1 Å². The SMILES string of the molecule is CC.N#Cc1ccc(N2CCC(Oc3cccc(C(=O)NC4CCN(Cc5ccncc5)CC4)c3)CC2)cc1.O=C(NC1CCN(Cc2ccncc2)CC1)c1cccc(OC2CCN(c3ccc(C(F)(F)F)cc3)CC2)c1. The van der Waals surface area contributed by atoms with Gasteiger partial charge in [-0.25, -0.2) is 0 Å². The molecule has 0 bridgehead atoms. The van der Waals surface area contributed by atoms with Crippen molar-refractivity contribution in [1.29, 1.82) is 5.26 Å². The number of nitriles is 1. The predicted molar refractivity (Wildman–Crippen MR) is 299 cm³/mol. The van der Waals surface area contributed by atoms with E-state index in [1.807, 2.05) is 111 Å². The number of alkyl halides is 3. The van der Waals surface area contributed by atoms with Crippen molar-refractivity contribution in [2.75, 3.05) is 62.2 Å². The molecule has 78 heavy (non-hydrogen) atoms. The molecule has 410 valence electrons. The Balaban J connectivity index is 0.000000200. The molecule has 4 saturated heterocycles. The highest BCUT2D eigenvalue weighted by molar-refractivity contribution is 5.95. The number of amides is 2. The minimum atomic E-state index is -4.33. The number of pyridine rings is 2. The number of anilines is 2. The summed E-state index contributed by atoms with van der Waals surface area (Å²) in [6.45, 7) is 12.8. The number of rotatable bonds is 14. The topological polar surface area (TPSA) is 139 Å². The van der Waals surface area contributed by atoms with Crippen molar-refractivity contribution >= 4 is 23.2 Å². The lowest BCUT2D eigenvalue weighted by Gasteiger charge is -2.34. The number of likely N-dealkylation sites (tertiary alicyclic amines) is 2. The fourth-order valence-corrected chi connectivity index (χ4v) is 10.4. The minimum Gasteiger partial charge on any atom is -0.490 e. The number of carbonyl (C=O) groups excluding carboxylic acids is 2. The van der Waals surface area contributed by atoms with E-state index in [0.717, 1.165) is 133 Å². The maximum Gasteiger partial charge on any atom is 0.416 e. The lowest BCUT2D eigenvalue weighted by molar-refractivity contribution is -0.137. The van der Waals surface area contributed by atoms with Crippen LogP contribution in [-0.2, 0) is 19.3 Å². The number of hydrogen-bond donors (Lipinski definition) is 2. The van der Waals surface area contributed by atoms with Crippen LogP contribution in [-0.4, -0.2) is 108 Å². The molecule has 6 aromatic rings. The molecule has 2 amide bonds. The second-order valence-corrected chi connectivity index (χ2v) is 20.1. The van der Waals surface area contributed by atoms with Crippen LogP contribution in [0.15, 0.2) is 146 Å². The lowest BCUT2D eigenvalue weighted by atomic mass is 10.0. The standard InChI is InChI=1S/C30H33F3N4O2.C30H33N5O2.C2H6/c31-30(32,33)24-4-6-26(7-5-24)37-18-12-27(13-19-37)39-28-3-1-2-23(20-28)29(38)35-25-10-16-36(17-11-25)21-22-8-14-34-15-9-22;31-21-23-4-6-27(7-5-23)35-18-12-28(13-19-35)37-29-3-1-2-25(20-29)30(36)33-26-10-16-34(17-11-26)22-24-8-14-32-15-9-24;1-2/h1-9,14-15,20,25,27H,10-13,16-19,21H2,(H,35,38);1-9,14-15,20,26,28H,10-13,16-19,22H2,(H,33,36);1-2H3. The van der Waals surface area contributed by atoms with Crippen molar-refractivity contribution < 1.29 is 32.2 Å². The van der Waals surface area contributed by atoms with Crippen molar-refractivity contribution in [3.8, 4) is 17.6 Å². The molecule has 4 fully saturated rings. The fraction of sp³-hybridized carbons (Fsp3) is 0.403. The Morgan fingerprint density at radius 1 is 0.551 bits per heavy atom. The molecule has 13 nitrogen and oxygen atoms in total. The summed E-state index contributed by atoms with van der Waals surface area (Å²) in [6.07, 6.45) is 10.1. The highest BCUT2D eigenvalue weighted by Gasteiger charge is 2.31. The summed E-state index contributed by atoms with van der Waals surface area (Å²) in [5, 5.41) is 15.4. The Hall–Kier alpha value is -7.48. The van der Waals surface area contributed by atoms with Crippen LogP contribution in [0.1, 0.15) is 108 Å². The molecule has 10 rings (SSSR count). The molecule has 2 N–H and O–H groups in total. The van der Waals surface area contributed by atoms with Gasteiger partial charge in [0, 0.05) is 151 Å². The summed E-state index contributed by atoms with van der Waals surface area (Å²) in [6, 6.07) is 38.5. The van der Waals surface area contributed by atoms with Crippen LogP contribution in [0, 0.1) is 11.3 Å². The minimum absolute atomic E-state index is 0.0151. The zero-order valence-electron chi connectivity index (χ0n) is 44.8. The zero-order chi connectivity index (χ0) is 54.7. The Bertz CT molecular complexity index is 2820. The van der Waals surface area contributed by atoms with Crippen LogP contribution in [0.2, 0.25) is 0 Å². The Labute approximate surface area is 457 Å². The average molecular weight is 1060 g/mol. The zero-order valence-corrected chi connectivity index (χ0v) is 44.8. The number of nitrogens with one attached hydrogen (secondary N) is 2. The van der Waals surface area contributed by atoms with E-state index in [2.05, 4.69) is 58.4 Å². The van der Waals surface area contributed by atoms with E-state index in [4.69, 9.17) is 14.7 Å². The van der Waals surface area contributed by atoms with E-state index in [-0.39, 0.29) is 36.1 Å². The largest absolute Gasteiger partial charge is 0.490 e. The van der Waals surface area contributed by atoms with Crippen LogP contribution in [0.5, 0.6) is 11.5 Å². The van der Waals surface area contributed by atoms with Crippen LogP contribution >= 0.6 is 0 Å². The molecule has 0 atom stereocenters. The molecule has 4 aliphatic heterocycles. The maximum atomic E-state index is 13.0. The van der Waals surface area contributed by atoms with Gasteiger partial charge in [-0.1, -0.05) is 26.0 Å². The van der Waals surface area contributed by atoms with E-state index in [1.165, 1.54) is 23.3 Å². The number of carbonyl (C=O) groups is 2. The van der Waals surface area contributed by atoms with Crippen molar-refractivity contribution in [1.82, 2.24) is 30.4 Å². The third-order valence-electron chi connectivity index (χ3n) is 14.8. The van der Waals surface area contributed by atoms with Crippen LogP contribution in [0.4, 0.5) is 24.5 Å². The summed E-state index contributed by atoms with van der Waals surface area (Å²) in [5.74, 6) is 1.28. The van der Waals surface area contributed by atoms with Crippen molar-refractivity contribution in [3.63, 3.8) is 0 Å². The van der Waals surface area contributed by atoms with Crippen molar-refractivity contribution in [2.45, 2.75) is 109 Å². The first-order valence-corrected chi connectivity index (χ1v) is 27.5. The van der Waals surface area contributed by atoms with Gasteiger partial charge in [0.25, 0.3) is 11.8 Å². The number of halogens is 3. The van der Waals surface area contributed by atoms with Gasteiger partial charge in [0.05, 0.1) is 17.2 Å². The third kappa shape index (κ3) is 16.8. The maximum absolute atomic E-state index is 13.0. The highest BCUT2D eigenvalue weighted by atomic mass is 19.4. The molecule has 4 aliphatic rings. The fourth-order valence-electron chi connectivity index (χ4n) is 10.4. The summed E-state index contributed by atoms with van der Waals surface area (Å²) >= 11 is 0. The third-order valence-corrected chi connectivity index (χ3v) is 14.8. The van der Waals surface area contributed by atoms with E-state index in [0.29, 0.717) is 35.5 Å². The average Bonchev–Trinajstić information content (AvgIpc) is 3.48. The normalized spacial score (nSPS) is 17.1. The molecule has 4 aromatic carbocycles. The lowest BCUT2D eigenvalue weighted by Crippen LogP contribution is -2.44. The first-order valence-electron chi connectivity index (χ1n) is 27.5. The van der Waals surface area contributed by atoms with Gasteiger partial charge in [0.2, 0.25) is 0 Å². The summed E-state index contributed by atoms with van der Waals surface area (Å²) in [4.78, 5) is 43.3. The van der Waals surface area contributed by atoms with Gasteiger partial charge in [-0.3, -0.25) is 29.4 Å². The number of aromatic nitrogens is 2. The first kappa shape index (κ1) is 56.7. The number of piperidine rings is 4. The molecule has 0 radical (unpaired) electrons. The molecule has 0 aliphatic carbocycles. The van der Waals surface area contributed by atoms with E-state index >= 15 is 0 Å². The Kier molecular flexibility index (Phi) is 20.5. The summed E-state index contributed by atoms with van der Waals surface area (Å²) < 4.78 is 51.0. The number of benzene rings is 4.